The van der Waals surface area contributed by atoms with Crippen molar-refractivity contribution in [3.05, 3.63) is 63.3 Å². The third-order valence-corrected chi connectivity index (χ3v) is 10.3. The number of cyclic esters (lactones) is 1. The van der Waals surface area contributed by atoms with E-state index in [0.29, 0.717) is 28.2 Å². The summed E-state index contributed by atoms with van der Waals surface area (Å²) in [4.78, 5) is 14.3. The number of thiophene rings is 1. The number of carbonyl (C=O) groups excluding carboxylic acids is 1. The van der Waals surface area contributed by atoms with E-state index in [-0.39, 0.29) is 37.3 Å². The van der Waals surface area contributed by atoms with Crippen molar-refractivity contribution in [2.75, 3.05) is 34.2 Å². The maximum Gasteiger partial charge on any atom is 0.310 e. The number of aromatic hydroxyl groups is 1. The smallest absolute Gasteiger partial charge is 0.310 e. The fraction of sp³-hybridized carbons (Fsp3) is 0.469. The Kier molecular flexibility index (Phi) is 7.48. The van der Waals surface area contributed by atoms with Crippen molar-refractivity contribution >= 4 is 17.3 Å². The van der Waals surface area contributed by atoms with Crippen LogP contribution in [0.2, 0.25) is 0 Å². The van der Waals surface area contributed by atoms with Gasteiger partial charge in [-0.2, -0.15) is 0 Å². The van der Waals surface area contributed by atoms with Gasteiger partial charge in [-0.3, -0.25) is 4.79 Å². The van der Waals surface area contributed by atoms with E-state index in [1.807, 2.05) is 23.6 Å². The van der Waals surface area contributed by atoms with Crippen molar-refractivity contribution < 1.29 is 62.7 Å². The number of fused-ring (bicyclic) bond motifs is 4. The molecule has 0 amide bonds. The average Bonchev–Trinajstić information content (AvgIpc) is 3.85. The molecule has 4 aliphatic heterocycles. The maximum atomic E-state index is 13.5. The molecule has 46 heavy (non-hydrogen) atoms. The van der Waals surface area contributed by atoms with Crippen LogP contribution < -0.4 is 18.9 Å². The monoisotopic (exact) mass is 656 g/mol. The molecule has 1 aliphatic carbocycles. The van der Waals surface area contributed by atoms with Gasteiger partial charge in [0.2, 0.25) is 12.5 Å². The lowest BCUT2D eigenvalue weighted by molar-refractivity contribution is -0.368. The topological polar surface area (TPSA) is 161 Å². The highest BCUT2D eigenvalue weighted by molar-refractivity contribution is 7.10. The summed E-state index contributed by atoms with van der Waals surface area (Å²) < 4.78 is 52.6. The van der Waals surface area contributed by atoms with E-state index in [2.05, 4.69) is 0 Å². The molecule has 2 aromatic carbocycles. The molecule has 5 aliphatic rings. The van der Waals surface area contributed by atoms with Gasteiger partial charge >= 0.3 is 5.97 Å². The summed E-state index contributed by atoms with van der Waals surface area (Å²) in [5.74, 6) is -1.08. The van der Waals surface area contributed by atoms with Crippen LogP contribution in [-0.2, 0) is 28.5 Å². The molecular formula is C32H32O13S. The lowest BCUT2D eigenvalue weighted by atomic mass is 9.66. The predicted molar refractivity (Wildman–Crippen MR) is 156 cm³/mol. The van der Waals surface area contributed by atoms with Crippen LogP contribution >= 0.6 is 11.3 Å². The number of hydrogen-bond donors (Lipinski definition) is 3. The fourth-order valence-electron chi connectivity index (χ4n) is 7.18. The Bertz CT molecular complexity index is 1600. The molecule has 0 spiro atoms. The number of phenolic OH excluding ortho intramolecular Hbond substituents is 1. The highest BCUT2D eigenvalue weighted by atomic mass is 32.1. The third kappa shape index (κ3) is 4.70. The van der Waals surface area contributed by atoms with E-state index >= 15 is 0 Å². The summed E-state index contributed by atoms with van der Waals surface area (Å²) in [5, 5.41) is 35.0. The van der Waals surface area contributed by atoms with Crippen molar-refractivity contribution in [3.8, 4) is 28.7 Å². The highest BCUT2D eigenvalue weighted by Gasteiger charge is 2.56. The normalized spacial score (nSPS) is 34.3. The first-order valence-corrected chi connectivity index (χ1v) is 15.8. The Labute approximate surface area is 267 Å². The van der Waals surface area contributed by atoms with Crippen LogP contribution in [0, 0.1) is 11.8 Å². The molecule has 0 bridgehead atoms. The van der Waals surface area contributed by atoms with Crippen molar-refractivity contribution in [3.63, 3.8) is 0 Å². The van der Waals surface area contributed by atoms with Gasteiger partial charge in [-0.1, -0.05) is 6.07 Å². The molecule has 8 rings (SSSR count). The average molecular weight is 657 g/mol. The molecule has 0 radical (unpaired) electrons. The molecule has 5 heterocycles. The number of aliphatic hydroxyl groups is 2. The summed E-state index contributed by atoms with van der Waals surface area (Å²) >= 11 is 1.46. The number of esters is 1. The fourth-order valence-corrected chi connectivity index (χ4v) is 7.89. The van der Waals surface area contributed by atoms with Crippen LogP contribution in [0.4, 0.5) is 0 Å². The Morgan fingerprint density at radius 2 is 1.65 bits per heavy atom. The van der Waals surface area contributed by atoms with Crippen LogP contribution in [0.5, 0.6) is 28.7 Å². The lowest BCUT2D eigenvalue weighted by Gasteiger charge is -2.48. The molecule has 3 saturated heterocycles. The molecule has 14 heteroatoms. The summed E-state index contributed by atoms with van der Waals surface area (Å²) in [5.41, 5.74) is 2.00. The lowest BCUT2D eigenvalue weighted by Crippen LogP contribution is -2.62. The van der Waals surface area contributed by atoms with Crippen molar-refractivity contribution in [1.29, 1.82) is 0 Å². The second kappa shape index (κ2) is 11.6. The Morgan fingerprint density at radius 1 is 0.913 bits per heavy atom. The second-order valence-electron chi connectivity index (χ2n) is 11.8. The molecule has 0 saturated carbocycles. The molecule has 3 fully saturated rings. The SMILES string of the molecule is COc1cc([C@@H]2c3cc4c(cc3[C@@H](O[C@H]3O[C@@H]5CO[C@@H](c6cccs6)O[C@H]5[C@H](O)[C@H]3O)[C@H]3COC(=O)[C@H]23)OCO4)cc(OC)c1O. The summed E-state index contributed by atoms with van der Waals surface area (Å²) in [6.07, 6.45) is -7.16. The van der Waals surface area contributed by atoms with Gasteiger partial charge < -0.3 is 58.0 Å². The van der Waals surface area contributed by atoms with Crippen LogP contribution in [0.15, 0.2) is 41.8 Å². The summed E-state index contributed by atoms with van der Waals surface area (Å²) in [6.45, 7) is 0.171. The third-order valence-electron chi connectivity index (χ3n) is 9.37. The number of rotatable bonds is 6. The Balaban J connectivity index is 1.16. The summed E-state index contributed by atoms with van der Waals surface area (Å²) in [6, 6.07) is 10.7. The van der Waals surface area contributed by atoms with Gasteiger partial charge in [0.15, 0.2) is 35.6 Å². The second-order valence-corrected chi connectivity index (χ2v) is 12.7. The largest absolute Gasteiger partial charge is 0.502 e. The Hall–Kier alpha value is -3.63. The van der Waals surface area contributed by atoms with Crippen LogP contribution in [0.3, 0.4) is 0 Å². The first-order valence-electron chi connectivity index (χ1n) is 14.9. The highest BCUT2D eigenvalue weighted by Crippen LogP contribution is 2.57. The number of ether oxygens (including phenoxy) is 9. The maximum absolute atomic E-state index is 13.5. The number of phenols is 1. The molecular weight excluding hydrogens is 624 g/mol. The van der Waals surface area contributed by atoms with Crippen LogP contribution in [0.1, 0.15) is 39.9 Å². The minimum Gasteiger partial charge on any atom is -0.502 e. The minimum atomic E-state index is -1.47. The number of aliphatic hydroxyl groups excluding tert-OH is 2. The zero-order valence-corrected chi connectivity index (χ0v) is 25.6. The van der Waals surface area contributed by atoms with Gasteiger partial charge in [0, 0.05) is 11.8 Å². The van der Waals surface area contributed by atoms with E-state index in [0.717, 1.165) is 4.88 Å². The zero-order chi connectivity index (χ0) is 31.7. The van der Waals surface area contributed by atoms with E-state index in [4.69, 9.17) is 42.6 Å². The minimum absolute atomic E-state index is 0.0242. The van der Waals surface area contributed by atoms with Gasteiger partial charge in [0.05, 0.1) is 44.3 Å². The van der Waals surface area contributed by atoms with Gasteiger partial charge in [0.25, 0.3) is 0 Å². The van der Waals surface area contributed by atoms with Crippen LogP contribution in [0.25, 0.3) is 0 Å². The Morgan fingerprint density at radius 3 is 2.35 bits per heavy atom. The molecule has 0 unspecified atom stereocenters. The van der Waals surface area contributed by atoms with Crippen molar-refractivity contribution in [1.82, 2.24) is 0 Å². The summed E-state index contributed by atoms with van der Waals surface area (Å²) in [7, 11) is 2.86. The number of methoxy groups -OCH3 is 2. The first-order chi connectivity index (χ1) is 22.4. The van der Waals surface area contributed by atoms with Gasteiger partial charge in [-0.05, 0) is 52.4 Å². The van der Waals surface area contributed by atoms with Gasteiger partial charge in [-0.15, -0.1) is 11.3 Å². The molecule has 3 N–H and O–H groups in total. The zero-order valence-electron chi connectivity index (χ0n) is 24.8. The quantitative estimate of drug-likeness (QED) is 0.333. The van der Waals surface area contributed by atoms with Gasteiger partial charge in [-0.25, -0.2) is 0 Å². The van der Waals surface area contributed by atoms with Crippen LogP contribution in [-0.4, -0.2) is 86.2 Å². The number of benzene rings is 2. The van der Waals surface area contributed by atoms with Crippen molar-refractivity contribution in [2.24, 2.45) is 11.8 Å². The van der Waals surface area contributed by atoms with E-state index in [9.17, 15) is 20.1 Å². The standard InChI is InChI=1S/C32H32O13S/c1-37-19-6-13(7-20(38-2)25(19)33)23-14-8-17-18(42-12-41-17)9-15(14)28(16-10-39-30(36)24(16)23)44-32-27(35)26(34)29-21(43-32)11-40-31(45-29)22-4-3-5-46-22/h3-9,16,21,23-24,26-29,31-35H,10-12H2,1-2H3/t16-,21+,23+,24-,26+,27+,28+,29+,31+,32+/m0/s1. The molecule has 3 aromatic rings. The van der Waals surface area contributed by atoms with E-state index in [1.165, 1.54) is 25.6 Å². The predicted octanol–water partition coefficient (Wildman–Crippen LogP) is 2.75. The van der Waals surface area contributed by atoms with Crippen molar-refractivity contribution in [2.45, 2.75) is 49.0 Å². The molecule has 1 aromatic heterocycles. The van der Waals surface area contributed by atoms with Gasteiger partial charge in [0.1, 0.15) is 24.4 Å². The van der Waals surface area contributed by atoms with E-state index in [1.54, 1.807) is 18.2 Å². The molecule has 10 atom stereocenters. The molecule has 13 nitrogen and oxygen atoms in total. The molecule has 244 valence electrons. The number of carbonyl (C=O) groups is 1. The van der Waals surface area contributed by atoms with E-state index < -0.39 is 66.8 Å². The number of hydrogen-bond acceptors (Lipinski definition) is 14. The first kappa shape index (κ1) is 29.8.